The van der Waals surface area contributed by atoms with Crippen molar-refractivity contribution in [3.63, 3.8) is 0 Å². The molecule has 2 aromatic rings. The standard InChI is InChI=1S/C13H12BrN3O3/c1-15-6-9-5-10(8-16-7-9)20-12-4-2-3-11(13(12)14)17(18)19/h2-5,7-8,15H,6H2,1H3. The normalized spacial score (nSPS) is 10.3. The minimum atomic E-state index is -0.466. The number of rotatable bonds is 5. The van der Waals surface area contributed by atoms with Crippen LogP contribution in [0.4, 0.5) is 5.69 Å². The van der Waals surface area contributed by atoms with Crippen molar-refractivity contribution in [1.29, 1.82) is 0 Å². The van der Waals surface area contributed by atoms with Crippen LogP contribution < -0.4 is 10.1 Å². The Morgan fingerprint density at radius 3 is 2.95 bits per heavy atom. The second-order valence-electron chi connectivity index (χ2n) is 4.01. The average Bonchev–Trinajstić information content (AvgIpc) is 2.42. The number of ether oxygens (including phenoxy) is 1. The van der Waals surface area contributed by atoms with Crippen molar-refractivity contribution < 1.29 is 9.66 Å². The predicted molar refractivity (Wildman–Crippen MR) is 77.9 cm³/mol. The molecule has 2 rings (SSSR count). The first-order valence-electron chi connectivity index (χ1n) is 5.81. The number of pyridine rings is 1. The molecule has 0 atom stereocenters. The van der Waals surface area contributed by atoms with Gasteiger partial charge in [-0.2, -0.15) is 0 Å². The second-order valence-corrected chi connectivity index (χ2v) is 4.80. The summed E-state index contributed by atoms with van der Waals surface area (Å²) in [7, 11) is 1.84. The number of nitro groups is 1. The van der Waals surface area contributed by atoms with Crippen molar-refractivity contribution in [3.8, 4) is 11.5 Å². The molecule has 0 amide bonds. The van der Waals surface area contributed by atoms with E-state index in [2.05, 4.69) is 26.2 Å². The molecule has 1 heterocycles. The molecule has 1 N–H and O–H groups in total. The van der Waals surface area contributed by atoms with Crippen LogP contribution in [-0.2, 0) is 6.54 Å². The number of nitrogens with one attached hydrogen (secondary N) is 1. The molecule has 0 spiro atoms. The van der Waals surface area contributed by atoms with Gasteiger partial charge in [-0.25, -0.2) is 0 Å². The van der Waals surface area contributed by atoms with Crippen LogP contribution in [0, 0.1) is 10.1 Å². The number of hydrogen-bond acceptors (Lipinski definition) is 5. The first-order chi connectivity index (χ1) is 9.61. The molecule has 7 heteroatoms. The fourth-order valence-corrected chi connectivity index (χ4v) is 2.16. The molecule has 0 unspecified atom stereocenters. The lowest BCUT2D eigenvalue weighted by atomic mass is 10.2. The Morgan fingerprint density at radius 1 is 1.45 bits per heavy atom. The molecule has 0 bridgehead atoms. The zero-order valence-corrected chi connectivity index (χ0v) is 12.3. The van der Waals surface area contributed by atoms with Gasteiger partial charge in [0.15, 0.2) is 0 Å². The molecule has 0 saturated carbocycles. The summed E-state index contributed by atoms with van der Waals surface area (Å²) >= 11 is 3.19. The van der Waals surface area contributed by atoms with Crippen LogP contribution in [0.25, 0.3) is 0 Å². The average molecular weight is 338 g/mol. The van der Waals surface area contributed by atoms with E-state index in [-0.39, 0.29) is 5.69 Å². The quantitative estimate of drug-likeness (QED) is 0.669. The highest BCUT2D eigenvalue weighted by Crippen LogP contribution is 2.36. The van der Waals surface area contributed by atoms with E-state index in [0.717, 1.165) is 5.56 Å². The summed E-state index contributed by atoms with van der Waals surface area (Å²) < 4.78 is 5.95. The minimum absolute atomic E-state index is 0.0400. The van der Waals surface area contributed by atoms with Crippen molar-refractivity contribution in [2.24, 2.45) is 0 Å². The van der Waals surface area contributed by atoms with E-state index in [9.17, 15) is 10.1 Å². The van der Waals surface area contributed by atoms with Crippen LogP contribution >= 0.6 is 15.9 Å². The monoisotopic (exact) mass is 337 g/mol. The minimum Gasteiger partial charge on any atom is -0.454 e. The summed E-state index contributed by atoms with van der Waals surface area (Å²) in [6.07, 6.45) is 3.29. The predicted octanol–water partition coefficient (Wildman–Crippen LogP) is 3.26. The maximum atomic E-state index is 10.9. The Balaban J connectivity index is 2.28. The van der Waals surface area contributed by atoms with Gasteiger partial charge in [-0.1, -0.05) is 6.07 Å². The van der Waals surface area contributed by atoms with E-state index in [1.807, 2.05) is 13.1 Å². The Kier molecular flexibility index (Phi) is 4.65. The molecule has 6 nitrogen and oxygen atoms in total. The van der Waals surface area contributed by atoms with Gasteiger partial charge in [0.2, 0.25) is 0 Å². The van der Waals surface area contributed by atoms with E-state index in [4.69, 9.17) is 4.74 Å². The third kappa shape index (κ3) is 3.31. The Labute approximate surface area is 124 Å². The first kappa shape index (κ1) is 14.4. The zero-order chi connectivity index (χ0) is 14.5. The molecular formula is C13H12BrN3O3. The summed E-state index contributed by atoms with van der Waals surface area (Å²) in [5, 5.41) is 13.9. The highest BCUT2D eigenvalue weighted by atomic mass is 79.9. The lowest BCUT2D eigenvalue weighted by Crippen LogP contribution is -2.05. The van der Waals surface area contributed by atoms with Crippen molar-refractivity contribution in [3.05, 3.63) is 56.8 Å². The van der Waals surface area contributed by atoms with E-state index in [0.29, 0.717) is 22.5 Å². The van der Waals surface area contributed by atoms with Gasteiger partial charge in [0.05, 0.1) is 11.1 Å². The van der Waals surface area contributed by atoms with Gasteiger partial charge >= 0.3 is 0 Å². The van der Waals surface area contributed by atoms with Crippen molar-refractivity contribution >= 4 is 21.6 Å². The van der Waals surface area contributed by atoms with E-state index in [1.165, 1.54) is 6.07 Å². The van der Waals surface area contributed by atoms with Crippen LogP contribution in [0.5, 0.6) is 11.5 Å². The van der Waals surface area contributed by atoms with Gasteiger partial charge in [-0.15, -0.1) is 0 Å². The molecule has 0 fully saturated rings. The lowest BCUT2D eigenvalue weighted by Gasteiger charge is -2.08. The highest BCUT2D eigenvalue weighted by molar-refractivity contribution is 9.10. The summed E-state index contributed by atoms with van der Waals surface area (Å²) in [6.45, 7) is 0.667. The maximum absolute atomic E-state index is 10.9. The molecule has 0 aliphatic carbocycles. The Bertz CT molecular complexity index is 634. The summed E-state index contributed by atoms with van der Waals surface area (Å²) in [5.41, 5.74) is 0.924. The molecule has 0 saturated heterocycles. The van der Waals surface area contributed by atoms with Crippen LogP contribution in [0.15, 0.2) is 41.1 Å². The molecule has 0 aliphatic heterocycles. The molecule has 104 valence electrons. The molecule has 1 aromatic carbocycles. The smallest absolute Gasteiger partial charge is 0.287 e. The molecule has 1 aromatic heterocycles. The highest BCUT2D eigenvalue weighted by Gasteiger charge is 2.16. The molecule has 0 aliphatic rings. The SMILES string of the molecule is CNCc1cncc(Oc2cccc([N+](=O)[O-])c2Br)c1. The van der Waals surface area contributed by atoms with Crippen molar-refractivity contribution in [2.75, 3.05) is 7.05 Å². The fraction of sp³-hybridized carbons (Fsp3) is 0.154. The summed E-state index contributed by atoms with van der Waals surface area (Å²) in [5.74, 6) is 0.904. The first-order valence-corrected chi connectivity index (χ1v) is 6.60. The number of nitrogens with zero attached hydrogens (tertiary/aromatic N) is 2. The number of aromatic nitrogens is 1. The van der Waals surface area contributed by atoms with Crippen LogP contribution in [0.3, 0.4) is 0 Å². The van der Waals surface area contributed by atoms with E-state index in [1.54, 1.807) is 24.5 Å². The van der Waals surface area contributed by atoms with E-state index < -0.39 is 4.92 Å². The second kappa shape index (κ2) is 6.44. The molecule has 20 heavy (non-hydrogen) atoms. The van der Waals surface area contributed by atoms with Crippen LogP contribution in [0.1, 0.15) is 5.56 Å². The lowest BCUT2D eigenvalue weighted by molar-refractivity contribution is -0.385. The van der Waals surface area contributed by atoms with Gasteiger partial charge in [0, 0.05) is 18.8 Å². The number of benzene rings is 1. The topological polar surface area (TPSA) is 77.3 Å². The Morgan fingerprint density at radius 2 is 2.25 bits per heavy atom. The fourth-order valence-electron chi connectivity index (χ4n) is 1.67. The molecular weight excluding hydrogens is 326 g/mol. The van der Waals surface area contributed by atoms with Crippen molar-refractivity contribution in [2.45, 2.75) is 6.54 Å². The Hall–Kier alpha value is -1.99. The van der Waals surface area contributed by atoms with Crippen molar-refractivity contribution in [1.82, 2.24) is 10.3 Å². The van der Waals surface area contributed by atoms with Gasteiger partial charge in [-0.3, -0.25) is 15.1 Å². The zero-order valence-electron chi connectivity index (χ0n) is 10.7. The largest absolute Gasteiger partial charge is 0.454 e. The number of halogens is 1. The third-order valence-electron chi connectivity index (χ3n) is 2.52. The van der Waals surface area contributed by atoms with Gasteiger partial charge in [-0.05, 0) is 40.7 Å². The number of nitro benzene ring substituents is 1. The third-order valence-corrected chi connectivity index (χ3v) is 3.32. The van der Waals surface area contributed by atoms with Crippen LogP contribution in [0.2, 0.25) is 0 Å². The summed E-state index contributed by atoms with van der Waals surface area (Å²) in [4.78, 5) is 14.5. The van der Waals surface area contributed by atoms with Gasteiger partial charge < -0.3 is 10.1 Å². The molecule has 0 radical (unpaired) electrons. The number of hydrogen-bond donors (Lipinski definition) is 1. The summed E-state index contributed by atoms with van der Waals surface area (Å²) in [6, 6.07) is 6.46. The van der Waals surface area contributed by atoms with Gasteiger partial charge in [0.1, 0.15) is 16.0 Å². The van der Waals surface area contributed by atoms with E-state index >= 15 is 0 Å². The maximum Gasteiger partial charge on any atom is 0.287 e. The van der Waals surface area contributed by atoms with Crippen LogP contribution in [-0.4, -0.2) is 17.0 Å². The van der Waals surface area contributed by atoms with Gasteiger partial charge in [0.25, 0.3) is 5.69 Å².